The van der Waals surface area contributed by atoms with Gasteiger partial charge in [0.15, 0.2) is 6.10 Å². The van der Waals surface area contributed by atoms with Crippen molar-refractivity contribution in [2.24, 2.45) is 0 Å². The van der Waals surface area contributed by atoms with E-state index >= 15 is 0 Å². The lowest BCUT2D eigenvalue weighted by molar-refractivity contribution is -0.167. The molecule has 0 aliphatic heterocycles. The van der Waals surface area contributed by atoms with Gasteiger partial charge in [-0.05, 0) is 116 Å². The Balaban J connectivity index is 4.58. The summed E-state index contributed by atoms with van der Waals surface area (Å²) in [5, 5.41) is 0. The molecule has 0 radical (unpaired) electrons. The van der Waals surface area contributed by atoms with Crippen LogP contribution >= 0.6 is 0 Å². The standard InChI is InChI=1S/C63H96O6/c1-4-7-10-13-16-19-22-25-28-30-32-34-35-38-41-44-47-50-53-56-62(65)68-59-60(58-67-61(64)55-52-49-46-43-40-37-27-24-21-18-15-12-9-6-3)69-63(66)57-54-51-48-45-42-39-36-33-31-29-26-23-20-17-14-11-8-5-2/h7,9-12,14,16-21,23,25-29,31-34,36-38,41,60H,4-6,8,13,15,22,24,30,35,39-40,42-59H2,1-3H3/b10-7-,12-9-,14-11-,19-16-,20-17-,21-18-,26-23-,28-25-,31-29-,34-32-,36-33-,37-27-,41-38-. The zero-order chi connectivity index (χ0) is 50.0. The third-order valence-corrected chi connectivity index (χ3v) is 10.6. The fourth-order valence-electron chi connectivity index (χ4n) is 6.63. The van der Waals surface area contributed by atoms with Crippen LogP contribution in [0.2, 0.25) is 0 Å². The van der Waals surface area contributed by atoms with Crippen molar-refractivity contribution in [3.63, 3.8) is 0 Å². The minimum absolute atomic E-state index is 0.119. The maximum Gasteiger partial charge on any atom is 0.306 e. The highest BCUT2D eigenvalue weighted by Gasteiger charge is 2.19. The molecule has 0 aliphatic rings. The average molecular weight is 949 g/mol. The lowest BCUT2D eigenvalue weighted by Gasteiger charge is -2.18. The third kappa shape index (κ3) is 53.8. The summed E-state index contributed by atoms with van der Waals surface area (Å²) in [7, 11) is 0. The highest BCUT2D eigenvalue weighted by Crippen LogP contribution is 2.12. The molecule has 1 unspecified atom stereocenters. The summed E-state index contributed by atoms with van der Waals surface area (Å²) in [4.78, 5) is 38.1. The summed E-state index contributed by atoms with van der Waals surface area (Å²) < 4.78 is 16.8. The first-order chi connectivity index (χ1) is 34.0. The van der Waals surface area contributed by atoms with E-state index in [1.807, 2.05) is 36.5 Å². The van der Waals surface area contributed by atoms with E-state index in [1.165, 1.54) is 6.42 Å². The Morgan fingerprint density at radius 1 is 0.319 bits per heavy atom. The van der Waals surface area contributed by atoms with Crippen LogP contribution in [-0.2, 0) is 28.6 Å². The predicted octanol–water partition coefficient (Wildman–Crippen LogP) is 18.2. The quantitative estimate of drug-likeness (QED) is 0.0199. The van der Waals surface area contributed by atoms with E-state index in [9.17, 15) is 14.4 Å². The van der Waals surface area contributed by atoms with Gasteiger partial charge < -0.3 is 14.2 Å². The highest BCUT2D eigenvalue weighted by atomic mass is 16.6. The second kappa shape index (κ2) is 55.6. The van der Waals surface area contributed by atoms with E-state index in [0.29, 0.717) is 12.8 Å². The molecule has 0 fully saturated rings. The van der Waals surface area contributed by atoms with Crippen LogP contribution in [0, 0.1) is 0 Å². The average Bonchev–Trinajstić information content (AvgIpc) is 3.35. The molecule has 6 nitrogen and oxygen atoms in total. The molecule has 0 spiro atoms. The number of unbranched alkanes of at least 4 members (excludes halogenated alkanes) is 13. The molecule has 1 atom stereocenters. The van der Waals surface area contributed by atoms with Gasteiger partial charge in [-0.2, -0.15) is 0 Å². The number of esters is 3. The number of rotatable bonds is 46. The molecule has 0 heterocycles. The Kier molecular flexibility index (Phi) is 51.6. The maximum atomic E-state index is 12.8. The molecule has 0 aliphatic carbocycles. The molecule has 6 heteroatoms. The van der Waals surface area contributed by atoms with Crippen LogP contribution in [0.5, 0.6) is 0 Å². The van der Waals surface area contributed by atoms with Crippen LogP contribution in [-0.4, -0.2) is 37.2 Å². The van der Waals surface area contributed by atoms with Gasteiger partial charge in [0.05, 0.1) is 0 Å². The first-order valence-electron chi connectivity index (χ1n) is 27.1. The first kappa shape index (κ1) is 64.0. The Labute approximate surface area is 422 Å². The number of carbonyl (C=O) groups excluding carboxylic acids is 3. The van der Waals surface area contributed by atoms with Gasteiger partial charge in [-0.15, -0.1) is 0 Å². The van der Waals surface area contributed by atoms with Gasteiger partial charge in [0.25, 0.3) is 0 Å². The first-order valence-corrected chi connectivity index (χ1v) is 27.1. The summed E-state index contributed by atoms with van der Waals surface area (Å²) in [5.41, 5.74) is 0. The van der Waals surface area contributed by atoms with Crippen LogP contribution < -0.4 is 0 Å². The van der Waals surface area contributed by atoms with E-state index in [4.69, 9.17) is 14.2 Å². The van der Waals surface area contributed by atoms with Gasteiger partial charge >= 0.3 is 17.9 Å². The summed E-state index contributed by atoms with van der Waals surface area (Å²) in [6, 6.07) is 0. The maximum absolute atomic E-state index is 12.8. The Bertz CT molecular complexity index is 1610. The molecule has 0 saturated heterocycles. The molecule has 0 N–H and O–H groups in total. The van der Waals surface area contributed by atoms with Gasteiger partial charge in [-0.25, -0.2) is 0 Å². The molecule has 0 aromatic carbocycles. The van der Waals surface area contributed by atoms with Gasteiger partial charge in [0.1, 0.15) is 13.2 Å². The van der Waals surface area contributed by atoms with Gasteiger partial charge in [-0.1, -0.05) is 224 Å². The van der Waals surface area contributed by atoms with Crippen LogP contribution in [0.25, 0.3) is 0 Å². The van der Waals surface area contributed by atoms with E-state index < -0.39 is 6.10 Å². The molecule has 69 heavy (non-hydrogen) atoms. The van der Waals surface area contributed by atoms with Gasteiger partial charge in [0, 0.05) is 19.3 Å². The van der Waals surface area contributed by atoms with E-state index in [0.717, 1.165) is 154 Å². The van der Waals surface area contributed by atoms with Gasteiger partial charge in [-0.3, -0.25) is 14.4 Å². The van der Waals surface area contributed by atoms with Crippen LogP contribution in [0.15, 0.2) is 158 Å². The molecular weight excluding hydrogens is 853 g/mol. The summed E-state index contributed by atoms with van der Waals surface area (Å²) in [5.74, 6) is -1.01. The molecule has 0 saturated carbocycles. The number of ether oxygens (including phenoxy) is 3. The normalized spacial score (nSPS) is 13.4. The third-order valence-electron chi connectivity index (χ3n) is 10.6. The minimum Gasteiger partial charge on any atom is -0.462 e. The Hall–Kier alpha value is -4.97. The van der Waals surface area contributed by atoms with Crippen molar-refractivity contribution in [3.05, 3.63) is 158 Å². The fraction of sp³-hybridized carbons (Fsp3) is 0.540. The van der Waals surface area contributed by atoms with Crippen molar-refractivity contribution in [1.29, 1.82) is 0 Å². The topological polar surface area (TPSA) is 78.9 Å². The van der Waals surface area contributed by atoms with E-state index in [2.05, 4.69) is 142 Å². The Morgan fingerprint density at radius 2 is 0.623 bits per heavy atom. The molecule has 0 aromatic heterocycles. The van der Waals surface area contributed by atoms with Gasteiger partial charge in [0.2, 0.25) is 0 Å². The van der Waals surface area contributed by atoms with Crippen LogP contribution in [0.3, 0.4) is 0 Å². The Morgan fingerprint density at radius 3 is 1.03 bits per heavy atom. The lowest BCUT2D eigenvalue weighted by Crippen LogP contribution is -2.30. The smallest absolute Gasteiger partial charge is 0.306 e. The van der Waals surface area contributed by atoms with Crippen molar-refractivity contribution in [2.75, 3.05) is 13.2 Å². The van der Waals surface area contributed by atoms with E-state index in [-0.39, 0.29) is 37.5 Å². The highest BCUT2D eigenvalue weighted by molar-refractivity contribution is 5.71. The van der Waals surface area contributed by atoms with Crippen LogP contribution in [0.1, 0.15) is 201 Å². The monoisotopic (exact) mass is 949 g/mol. The van der Waals surface area contributed by atoms with Crippen molar-refractivity contribution in [3.8, 4) is 0 Å². The second-order valence-electron chi connectivity index (χ2n) is 17.1. The number of hydrogen-bond acceptors (Lipinski definition) is 6. The number of allylic oxidation sites excluding steroid dienone is 26. The summed E-state index contributed by atoms with van der Waals surface area (Å²) >= 11 is 0. The molecule has 384 valence electrons. The second-order valence-corrected chi connectivity index (χ2v) is 17.1. The van der Waals surface area contributed by atoms with Crippen LogP contribution in [0.4, 0.5) is 0 Å². The van der Waals surface area contributed by atoms with Crippen molar-refractivity contribution < 1.29 is 28.6 Å². The number of hydrogen-bond donors (Lipinski definition) is 0. The summed E-state index contributed by atoms with van der Waals surface area (Å²) in [6.07, 6.45) is 80.7. The zero-order valence-corrected chi connectivity index (χ0v) is 43.8. The zero-order valence-electron chi connectivity index (χ0n) is 43.8. The minimum atomic E-state index is -0.823. The fourth-order valence-corrected chi connectivity index (χ4v) is 6.63. The molecule has 0 amide bonds. The largest absolute Gasteiger partial charge is 0.462 e. The number of carbonyl (C=O) groups is 3. The van der Waals surface area contributed by atoms with Crippen molar-refractivity contribution in [1.82, 2.24) is 0 Å². The molecular formula is C63H96O6. The van der Waals surface area contributed by atoms with E-state index in [1.54, 1.807) is 0 Å². The SMILES string of the molecule is CC/C=C\C/C=C\C/C=C\C/C=C\C/C=C\CCCCCC(=O)OCC(COC(=O)CCCCCC/C=C\C/C=C\C/C=C\CC)OC(=O)CCCCCCC\C=C/C=C\C=C/C=C\C=C/CCC. The lowest BCUT2D eigenvalue weighted by atomic mass is 10.1. The summed E-state index contributed by atoms with van der Waals surface area (Å²) in [6.45, 7) is 6.23. The molecule has 0 rings (SSSR count). The molecule has 0 aromatic rings. The predicted molar refractivity (Wildman–Crippen MR) is 297 cm³/mol. The molecule has 0 bridgehead atoms. The van der Waals surface area contributed by atoms with Crippen molar-refractivity contribution >= 4 is 17.9 Å². The van der Waals surface area contributed by atoms with Crippen molar-refractivity contribution in [2.45, 2.75) is 207 Å².